The molecule has 0 aromatic rings. The molecule has 1 atom stereocenters. The molecular formula is C13H20N2. The molecule has 2 aliphatic rings. The van der Waals surface area contributed by atoms with Gasteiger partial charge in [-0.1, -0.05) is 12.2 Å². The standard InChI is InChI=1S/C13H20N2/c14-9-4-10-15(11-12-7-8-12)13-5-2-1-3-6-13/h2,5,12-13H,1,3-4,6-8,10-11H2/t13-/m0/s1. The summed E-state index contributed by atoms with van der Waals surface area (Å²) < 4.78 is 0. The van der Waals surface area contributed by atoms with Crippen molar-refractivity contribution < 1.29 is 0 Å². The van der Waals surface area contributed by atoms with E-state index in [1.807, 2.05) is 0 Å². The highest BCUT2D eigenvalue weighted by atomic mass is 15.2. The van der Waals surface area contributed by atoms with Gasteiger partial charge in [-0.3, -0.25) is 4.90 Å². The third-order valence-corrected chi connectivity index (χ3v) is 3.40. The zero-order valence-corrected chi connectivity index (χ0v) is 9.36. The van der Waals surface area contributed by atoms with E-state index in [0.29, 0.717) is 12.5 Å². The summed E-state index contributed by atoms with van der Waals surface area (Å²) in [6.07, 6.45) is 12.0. The highest BCUT2D eigenvalue weighted by molar-refractivity contribution is 4.99. The lowest BCUT2D eigenvalue weighted by molar-refractivity contribution is 0.209. The van der Waals surface area contributed by atoms with Gasteiger partial charge in [0.1, 0.15) is 0 Å². The molecule has 0 bridgehead atoms. The molecule has 0 aromatic heterocycles. The molecule has 0 N–H and O–H groups in total. The van der Waals surface area contributed by atoms with Crippen LogP contribution in [0, 0.1) is 17.2 Å². The number of rotatable bonds is 5. The normalized spacial score (nSPS) is 25.5. The van der Waals surface area contributed by atoms with E-state index >= 15 is 0 Å². The molecule has 0 heterocycles. The lowest BCUT2D eigenvalue weighted by Crippen LogP contribution is -2.37. The van der Waals surface area contributed by atoms with Gasteiger partial charge in [-0.25, -0.2) is 0 Å². The Morgan fingerprint density at radius 1 is 1.33 bits per heavy atom. The highest BCUT2D eigenvalue weighted by Crippen LogP contribution is 2.31. The molecule has 0 amide bonds. The summed E-state index contributed by atoms with van der Waals surface area (Å²) in [5, 5.41) is 8.67. The second-order valence-corrected chi connectivity index (χ2v) is 4.77. The molecule has 2 rings (SSSR count). The number of allylic oxidation sites excluding steroid dienone is 1. The third kappa shape index (κ3) is 3.35. The SMILES string of the molecule is N#CCCN(CC1CC1)[C@H]1C=CCCC1. The van der Waals surface area contributed by atoms with Gasteiger partial charge in [-0.05, 0) is 38.0 Å². The van der Waals surface area contributed by atoms with Gasteiger partial charge >= 0.3 is 0 Å². The van der Waals surface area contributed by atoms with Crippen LogP contribution in [0.1, 0.15) is 38.5 Å². The van der Waals surface area contributed by atoms with Crippen molar-refractivity contribution >= 4 is 0 Å². The molecular weight excluding hydrogens is 184 g/mol. The van der Waals surface area contributed by atoms with E-state index in [-0.39, 0.29) is 0 Å². The molecule has 2 nitrogen and oxygen atoms in total. The Morgan fingerprint density at radius 2 is 2.20 bits per heavy atom. The van der Waals surface area contributed by atoms with Crippen LogP contribution in [0.25, 0.3) is 0 Å². The van der Waals surface area contributed by atoms with Crippen molar-refractivity contribution in [3.05, 3.63) is 12.2 Å². The zero-order valence-electron chi connectivity index (χ0n) is 9.36. The number of nitrogens with zero attached hydrogens (tertiary/aromatic N) is 2. The van der Waals surface area contributed by atoms with Crippen LogP contribution >= 0.6 is 0 Å². The summed E-state index contributed by atoms with van der Waals surface area (Å²) >= 11 is 0. The molecule has 15 heavy (non-hydrogen) atoms. The van der Waals surface area contributed by atoms with Crippen LogP contribution < -0.4 is 0 Å². The van der Waals surface area contributed by atoms with E-state index < -0.39 is 0 Å². The molecule has 0 unspecified atom stereocenters. The molecule has 0 aromatic carbocycles. The number of hydrogen-bond donors (Lipinski definition) is 0. The van der Waals surface area contributed by atoms with E-state index in [1.165, 1.54) is 38.6 Å². The van der Waals surface area contributed by atoms with Crippen molar-refractivity contribution in [3.63, 3.8) is 0 Å². The largest absolute Gasteiger partial charge is 0.296 e. The van der Waals surface area contributed by atoms with Crippen molar-refractivity contribution in [2.24, 2.45) is 5.92 Å². The average Bonchev–Trinajstić information content (AvgIpc) is 3.09. The first-order valence-corrected chi connectivity index (χ1v) is 6.18. The topological polar surface area (TPSA) is 27.0 Å². The molecule has 0 saturated heterocycles. The fourth-order valence-electron chi connectivity index (χ4n) is 2.32. The monoisotopic (exact) mass is 204 g/mol. The van der Waals surface area contributed by atoms with Gasteiger partial charge in [0.15, 0.2) is 0 Å². The van der Waals surface area contributed by atoms with Crippen LogP contribution in [0.5, 0.6) is 0 Å². The van der Waals surface area contributed by atoms with E-state index in [0.717, 1.165) is 12.5 Å². The Hall–Kier alpha value is -0.810. The van der Waals surface area contributed by atoms with Crippen LogP contribution in [0.2, 0.25) is 0 Å². The Morgan fingerprint density at radius 3 is 2.80 bits per heavy atom. The molecule has 0 aliphatic heterocycles. The Bertz CT molecular complexity index is 260. The molecule has 0 spiro atoms. The summed E-state index contributed by atoms with van der Waals surface area (Å²) in [6.45, 7) is 2.18. The predicted molar refractivity (Wildman–Crippen MR) is 61.3 cm³/mol. The van der Waals surface area contributed by atoms with Gasteiger partial charge in [0.25, 0.3) is 0 Å². The minimum atomic E-state index is 0.618. The lowest BCUT2D eigenvalue weighted by Gasteiger charge is -2.30. The predicted octanol–water partition coefficient (Wildman–Crippen LogP) is 2.72. The lowest BCUT2D eigenvalue weighted by atomic mass is 10.0. The van der Waals surface area contributed by atoms with Gasteiger partial charge < -0.3 is 0 Å². The van der Waals surface area contributed by atoms with Gasteiger partial charge in [0, 0.05) is 25.6 Å². The molecule has 1 fully saturated rings. The quantitative estimate of drug-likeness (QED) is 0.644. The van der Waals surface area contributed by atoms with Crippen LogP contribution in [0.3, 0.4) is 0 Å². The maximum atomic E-state index is 8.67. The summed E-state index contributed by atoms with van der Waals surface area (Å²) in [7, 11) is 0. The molecule has 82 valence electrons. The summed E-state index contributed by atoms with van der Waals surface area (Å²) in [6, 6.07) is 2.88. The van der Waals surface area contributed by atoms with Crippen LogP contribution in [0.15, 0.2) is 12.2 Å². The fourth-order valence-corrected chi connectivity index (χ4v) is 2.32. The van der Waals surface area contributed by atoms with Crippen LogP contribution in [-0.4, -0.2) is 24.0 Å². The summed E-state index contributed by atoms with van der Waals surface area (Å²) in [5.74, 6) is 0.930. The highest BCUT2D eigenvalue weighted by Gasteiger charge is 2.27. The third-order valence-electron chi connectivity index (χ3n) is 3.40. The minimum Gasteiger partial charge on any atom is -0.296 e. The Balaban J connectivity index is 1.86. The number of nitriles is 1. The molecule has 0 radical (unpaired) electrons. The van der Waals surface area contributed by atoms with Crippen molar-refractivity contribution in [2.45, 2.75) is 44.6 Å². The molecule has 2 aliphatic carbocycles. The van der Waals surface area contributed by atoms with Crippen molar-refractivity contribution in [2.75, 3.05) is 13.1 Å². The van der Waals surface area contributed by atoms with Crippen molar-refractivity contribution in [3.8, 4) is 6.07 Å². The number of hydrogen-bond acceptors (Lipinski definition) is 2. The summed E-state index contributed by atoms with van der Waals surface area (Å²) in [5.41, 5.74) is 0. The van der Waals surface area contributed by atoms with Gasteiger partial charge in [-0.2, -0.15) is 5.26 Å². The first kappa shape index (κ1) is 10.7. The van der Waals surface area contributed by atoms with E-state index in [9.17, 15) is 0 Å². The van der Waals surface area contributed by atoms with E-state index in [1.54, 1.807) is 0 Å². The van der Waals surface area contributed by atoms with Crippen molar-refractivity contribution in [1.82, 2.24) is 4.90 Å². The second kappa shape index (κ2) is 5.32. The average molecular weight is 204 g/mol. The van der Waals surface area contributed by atoms with Crippen molar-refractivity contribution in [1.29, 1.82) is 5.26 Å². The van der Waals surface area contributed by atoms with Crippen LogP contribution in [-0.2, 0) is 0 Å². The molecule has 2 heteroatoms. The molecule has 1 saturated carbocycles. The first-order valence-electron chi connectivity index (χ1n) is 6.18. The minimum absolute atomic E-state index is 0.618. The van der Waals surface area contributed by atoms with E-state index in [4.69, 9.17) is 5.26 Å². The van der Waals surface area contributed by atoms with Gasteiger partial charge in [-0.15, -0.1) is 0 Å². The van der Waals surface area contributed by atoms with Gasteiger partial charge in [0.2, 0.25) is 0 Å². The maximum Gasteiger partial charge on any atom is 0.0635 e. The Labute approximate surface area is 92.6 Å². The maximum absolute atomic E-state index is 8.67. The fraction of sp³-hybridized carbons (Fsp3) is 0.769. The van der Waals surface area contributed by atoms with E-state index in [2.05, 4.69) is 23.1 Å². The van der Waals surface area contributed by atoms with Crippen LogP contribution in [0.4, 0.5) is 0 Å². The first-order chi connectivity index (χ1) is 7.40. The summed E-state index contributed by atoms with van der Waals surface area (Å²) in [4.78, 5) is 2.52. The zero-order chi connectivity index (χ0) is 10.5. The van der Waals surface area contributed by atoms with Gasteiger partial charge in [0.05, 0.1) is 6.07 Å². The smallest absolute Gasteiger partial charge is 0.0635 e. The second-order valence-electron chi connectivity index (χ2n) is 4.77. The Kier molecular flexibility index (Phi) is 3.80.